The molecule has 19 heavy (non-hydrogen) atoms. The fourth-order valence-corrected chi connectivity index (χ4v) is 2.29. The number of halogens is 6. The Kier molecular flexibility index (Phi) is 4.21. The third kappa shape index (κ3) is 2.85. The lowest BCUT2D eigenvalue weighted by molar-refractivity contribution is -0.412. The molecule has 0 bridgehead atoms. The van der Waals surface area contributed by atoms with Gasteiger partial charge in [0.15, 0.2) is 0 Å². The van der Waals surface area contributed by atoms with Crippen molar-refractivity contribution in [3.05, 3.63) is 0 Å². The van der Waals surface area contributed by atoms with Gasteiger partial charge in [0.2, 0.25) is 0 Å². The molecule has 1 fully saturated rings. The van der Waals surface area contributed by atoms with E-state index in [4.69, 9.17) is 0 Å². The molecular weight excluding hydrogens is 274 g/mol. The largest absolute Gasteiger partial charge is 0.427 e. The Hall–Kier alpha value is -0.460. The third-order valence-corrected chi connectivity index (χ3v) is 3.61. The summed E-state index contributed by atoms with van der Waals surface area (Å²) in [5, 5.41) is 0. The van der Waals surface area contributed by atoms with E-state index in [0.717, 1.165) is 27.2 Å². The van der Waals surface area contributed by atoms with Crippen molar-refractivity contribution in [1.29, 1.82) is 0 Å². The van der Waals surface area contributed by atoms with Crippen LogP contribution in [0.1, 0.15) is 40.0 Å². The Morgan fingerprint density at radius 3 is 1.53 bits per heavy atom. The minimum absolute atomic E-state index is 0.202. The summed E-state index contributed by atoms with van der Waals surface area (Å²) < 4.78 is 83.0. The zero-order valence-corrected chi connectivity index (χ0v) is 11.1. The maximum Gasteiger partial charge on any atom is 0.427 e. The van der Waals surface area contributed by atoms with Gasteiger partial charge in [-0.05, 0) is 18.8 Å². The molecule has 0 atom stereocenters. The predicted molar refractivity (Wildman–Crippen MR) is 57.6 cm³/mol. The van der Waals surface area contributed by atoms with Crippen LogP contribution in [0.2, 0.25) is 0 Å². The first-order chi connectivity index (χ1) is 8.33. The minimum Gasteiger partial charge on any atom is -0.357 e. The highest BCUT2D eigenvalue weighted by Crippen LogP contribution is 2.55. The first kappa shape index (κ1) is 16.6. The highest BCUT2D eigenvalue weighted by Gasteiger charge is 2.77. The fourth-order valence-electron chi connectivity index (χ4n) is 2.29. The van der Waals surface area contributed by atoms with Crippen molar-refractivity contribution in [1.82, 2.24) is 0 Å². The predicted octanol–water partition coefficient (Wildman–Crippen LogP) is 4.71. The molecule has 1 rings (SSSR count). The Labute approximate surface area is 108 Å². The zero-order chi connectivity index (χ0) is 15.1. The van der Waals surface area contributed by atoms with E-state index in [1.807, 2.05) is 0 Å². The quantitative estimate of drug-likeness (QED) is 0.684. The average Bonchev–Trinajstić information content (AvgIpc) is 2.01. The van der Waals surface area contributed by atoms with Crippen LogP contribution >= 0.6 is 0 Å². The van der Waals surface area contributed by atoms with E-state index in [0.29, 0.717) is 12.8 Å². The van der Waals surface area contributed by atoms with Crippen molar-refractivity contribution in [2.75, 3.05) is 6.61 Å². The molecule has 0 amide bonds. The van der Waals surface area contributed by atoms with Gasteiger partial charge in [0.1, 0.15) is 0 Å². The molecule has 114 valence electrons. The lowest BCUT2D eigenvalue weighted by Crippen LogP contribution is -2.66. The normalized spacial score (nSPS) is 19.4. The molecule has 0 aromatic rings. The molecule has 0 spiro atoms. The molecule has 0 unspecified atom stereocenters. The van der Waals surface area contributed by atoms with Gasteiger partial charge in [0.05, 0.1) is 6.61 Å². The summed E-state index contributed by atoms with van der Waals surface area (Å²) in [6, 6.07) is 0. The van der Waals surface area contributed by atoms with Crippen LogP contribution in [-0.2, 0) is 4.74 Å². The highest BCUT2D eigenvalue weighted by atomic mass is 19.4. The maximum absolute atomic E-state index is 13.1. The van der Waals surface area contributed by atoms with E-state index < -0.39 is 30.0 Å². The minimum atomic E-state index is -5.51. The molecule has 1 aliphatic rings. The van der Waals surface area contributed by atoms with E-state index in [1.54, 1.807) is 0 Å². The number of rotatable bonds is 3. The van der Waals surface area contributed by atoms with Crippen molar-refractivity contribution in [2.45, 2.75) is 58.0 Å². The summed E-state index contributed by atoms with van der Waals surface area (Å²) in [6.45, 7) is 2.19. The second kappa shape index (κ2) is 4.82. The molecule has 0 aromatic heterocycles. The monoisotopic (exact) mass is 292 g/mol. The summed E-state index contributed by atoms with van der Waals surface area (Å²) in [5.41, 5.74) is -6.25. The smallest absolute Gasteiger partial charge is 0.357 e. The Balaban J connectivity index is 3.11. The number of alkyl halides is 6. The van der Waals surface area contributed by atoms with Gasteiger partial charge in [-0.1, -0.05) is 27.2 Å². The lowest BCUT2D eigenvalue weighted by Gasteiger charge is -2.47. The van der Waals surface area contributed by atoms with Gasteiger partial charge < -0.3 is 4.74 Å². The van der Waals surface area contributed by atoms with Gasteiger partial charge in [0, 0.05) is 5.41 Å². The molecule has 1 aliphatic carbocycles. The summed E-state index contributed by atoms with van der Waals surface area (Å²) in [4.78, 5) is 0. The first-order valence-corrected chi connectivity index (χ1v) is 6.10. The molecule has 0 aliphatic heterocycles. The molecule has 0 saturated heterocycles. The topological polar surface area (TPSA) is 9.23 Å². The van der Waals surface area contributed by atoms with Crippen LogP contribution < -0.4 is 0 Å². The van der Waals surface area contributed by atoms with Gasteiger partial charge in [-0.3, -0.25) is 0 Å². The fraction of sp³-hybridized carbons (Fsp3) is 1.00. The summed E-state index contributed by atoms with van der Waals surface area (Å²) in [7, 11) is 0. The van der Waals surface area contributed by atoms with E-state index >= 15 is 0 Å². The maximum atomic E-state index is 13.1. The van der Waals surface area contributed by atoms with Crippen molar-refractivity contribution < 1.29 is 31.1 Å². The summed E-state index contributed by atoms with van der Waals surface area (Å²) in [5.74, 6) is -0.202. The van der Waals surface area contributed by atoms with Crippen molar-refractivity contribution >= 4 is 0 Å². The van der Waals surface area contributed by atoms with Crippen LogP contribution in [0.4, 0.5) is 26.3 Å². The molecule has 0 aromatic carbocycles. The van der Waals surface area contributed by atoms with Crippen LogP contribution in [-0.4, -0.2) is 24.6 Å². The molecule has 7 heteroatoms. The standard InChI is InChI=1S/C12H18F6O/c1-9(2,3)10(11(13,14)15,12(16,17)18)19-7-8-5-4-6-8/h8H,4-7H2,1-3H3. The molecule has 0 radical (unpaired) electrons. The Bertz CT molecular complexity index is 272. The second-order valence-electron chi connectivity index (χ2n) is 6.03. The highest BCUT2D eigenvalue weighted by molar-refractivity contribution is 5.04. The Morgan fingerprint density at radius 1 is 0.895 bits per heavy atom. The van der Waals surface area contributed by atoms with Gasteiger partial charge in [0.25, 0.3) is 5.60 Å². The van der Waals surface area contributed by atoms with E-state index in [9.17, 15) is 26.3 Å². The van der Waals surface area contributed by atoms with Crippen molar-refractivity contribution in [3.8, 4) is 0 Å². The zero-order valence-electron chi connectivity index (χ0n) is 11.1. The van der Waals surface area contributed by atoms with Crippen LogP contribution in [0, 0.1) is 11.3 Å². The Morgan fingerprint density at radius 2 is 1.32 bits per heavy atom. The molecule has 0 N–H and O–H groups in total. The first-order valence-electron chi connectivity index (χ1n) is 6.10. The van der Waals surface area contributed by atoms with Crippen LogP contribution in [0.3, 0.4) is 0 Å². The van der Waals surface area contributed by atoms with E-state index in [1.165, 1.54) is 0 Å². The lowest BCUT2D eigenvalue weighted by atomic mass is 9.74. The van der Waals surface area contributed by atoms with E-state index in [-0.39, 0.29) is 5.92 Å². The van der Waals surface area contributed by atoms with Gasteiger partial charge >= 0.3 is 12.4 Å². The van der Waals surface area contributed by atoms with Gasteiger partial charge in [-0.25, -0.2) is 0 Å². The summed E-state index contributed by atoms with van der Waals surface area (Å²) in [6.07, 6.45) is -8.94. The number of ether oxygens (including phenoxy) is 1. The number of hydrogen-bond acceptors (Lipinski definition) is 1. The van der Waals surface area contributed by atoms with Crippen molar-refractivity contribution in [3.63, 3.8) is 0 Å². The van der Waals surface area contributed by atoms with Gasteiger partial charge in [-0.2, -0.15) is 26.3 Å². The molecule has 1 saturated carbocycles. The molecule has 0 heterocycles. The van der Waals surface area contributed by atoms with Crippen LogP contribution in [0.25, 0.3) is 0 Å². The average molecular weight is 292 g/mol. The van der Waals surface area contributed by atoms with Crippen LogP contribution in [0.15, 0.2) is 0 Å². The van der Waals surface area contributed by atoms with E-state index in [2.05, 4.69) is 4.74 Å². The third-order valence-electron chi connectivity index (χ3n) is 3.61. The van der Waals surface area contributed by atoms with Crippen LogP contribution in [0.5, 0.6) is 0 Å². The van der Waals surface area contributed by atoms with Gasteiger partial charge in [-0.15, -0.1) is 0 Å². The second-order valence-corrected chi connectivity index (χ2v) is 6.03. The molecule has 1 nitrogen and oxygen atoms in total. The SMILES string of the molecule is CC(C)(C)C(OCC1CCC1)(C(F)(F)F)C(F)(F)F. The number of hydrogen-bond donors (Lipinski definition) is 0. The van der Waals surface area contributed by atoms with Crippen molar-refractivity contribution in [2.24, 2.45) is 11.3 Å². The molecular formula is C12H18F6O. The summed E-state index contributed by atoms with van der Waals surface area (Å²) >= 11 is 0.